The molecule has 0 spiro atoms. The number of hydrogen-bond donors (Lipinski definition) is 3. The lowest BCUT2D eigenvalue weighted by molar-refractivity contribution is -0.122. The van der Waals surface area contributed by atoms with E-state index < -0.39 is 0 Å². The van der Waals surface area contributed by atoms with E-state index >= 15 is 0 Å². The Morgan fingerprint density at radius 1 is 1.10 bits per heavy atom. The fourth-order valence-electron chi connectivity index (χ4n) is 2.56. The van der Waals surface area contributed by atoms with Crippen molar-refractivity contribution in [3.8, 4) is 0 Å². The zero-order chi connectivity index (χ0) is 15.2. The van der Waals surface area contributed by atoms with Gasteiger partial charge in [0, 0.05) is 24.3 Å². The summed E-state index contributed by atoms with van der Waals surface area (Å²) in [7, 11) is 0. The molecule has 3 N–H and O–H groups in total. The number of benzene rings is 1. The Labute approximate surface area is 125 Å². The third kappa shape index (κ3) is 4.77. The average molecular weight is 289 g/mol. The Kier molecular flexibility index (Phi) is 5.20. The number of anilines is 2. The second kappa shape index (κ2) is 7.11. The van der Waals surface area contributed by atoms with Crippen LogP contribution < -0.4 is 16.0 Å². The number of hydrogen-bond acceptors (Lipinski definition) is 3. The third-order valence-corrected chi connectivity index (χ3v) is 3.68. The van der Waals surface area contributed by atoms with Crippen molar-refractivity contribution >= 4 is 23.2 Å². The summed E-state index contributed by atoms with van der Waals surface area (Å²) in [5, 5.41) is 8.96. The summed E-state index contributed by atoms with van der Waals surface area (Å²) in [6, 6.07) is 7.38. The van der Waals surface area contributed by atoms with Gasteiger partial charge in [0.2, 0.25) is 11.8 Å². The zero-order valence-electron chi connectivity index (χ0n) is 12.6. The van der Waals surface area contributed by atoms with Crippen LogP contribution in [0, 0.1) is 0 Å². The van der Waals surface area contributed by atoms with Crippen LogP contribution in [-0.2, 0) is 9.59 Å². The molecule has 0 saturated heterocycles. The van der Waals surface area contributed by atoms with E-state index in [1.54, 1.807) is 0 Å². The van der Waals surface area contributed by atoms with Gasteiger partial charge in [0.1, 0.15) is 6.04 Å². The maximum Gasteiger partial charge on any atom is 0.242 e. The summed E-state index contributed by atoms with van der Waals surface area (Å²) < 4.78 is 0. The van der Waals surface area contributed by atoms with Gasteiger partial charge in [-0.3, -0.25) is 9.59 Å². The first-order chi connectivity index (χ1) is 10.0. The smallest absolute Gasteiger partial charge is 0.242 e. The molecule has 0 radical (unpaired) electrons. The lowest BCUT2D eigenvalue weighted by Crippen LogP contribution is -2.42. The van der Waals surface area contributed by atoms with Gasteiger partial charge < -0.3 is 16.0 Å². The van der Waals surface area contributed by atoms with Gasteiger partial charge in [-0.05, 0) is 44.0 Å². The number of amides is 2. The van der Waals surface area contributed by atoms with Gasteiger partial charge >= 0.3 is 0 Å². The van der Waals surface area contributed by atoms with Crippen LogP contribution in [0.3, 0.4) is 0 Å². The summed E-state index contributed by atoms with van der Waals surface area (Å²) in [6.07, 6.45) is 4.59. The molecule has 1 fully saturated rings. The highest BCUT2D eigenvalue weighted by atomic mass is 16.2. The van der Waals surface area contributed by atoms with E-state index in [4.69, 9.17) is 0 Å². The Morgan fingerprint density at radius 3 is 2.24 bits per heavy atom. The first-order valence-electron chi connectivity index (χ1n) is 7.49. The molecule has 1 aromatic carbocycles. The standard InChI is InChI=1S/C16H23N3O2/c1-11(16(21)19-13-5-3-4-6-13)17-14-7-9-15(10-8-14)18-12(2)20/h7-11,13,17H,3-6H2,1-2H3,(H,18,20)(H,19,21)/t11-/m1/s1. The van der Waals surface area contributed by atoms with Crippen molar-refractivity contribution in [3.63, 3.8) is 0 Å². The summed E-state index contributed by atoms with van der Waals surface area (Å²) in [5.41, 5.74) is 1.61. The van der Waals surface area contributed by atoms with Crippen LogP contribution in [0.1, 0.15) is 39.5 Å². The molecule has 0 heterocycles. The molecule has 1 aromatic rings. The molecule has 5 heteroatoms. The summed E-state index contributed by atoms with van der Waals surface area (Å²) >= 11 is 0. The van der Waals surface area contributed by atoms with E-state index in [9.17, 15) is 9.59 Å². The van der Waals surface area contributed by atoms with Gasteiger partial charge in [-0.25, -0.2) is 0 Å². The SMILES string of the molecule is CC(=O)Nc1ccc(N[C@H](C)C(=O)NC2CCCC2)cc1. The molecule has 1 atom stereocenters. The first kappa shape index (κ1) is 15.4. The Hall–Kier alpha value is -2.04. The number of carbonyl (C=O) groups is 2. The molecule has 0 aromatic heterocycles. The monoisotopic (exact) mass is 289 g/mol. The largest absolute Gasteiger partial charge is 0.374 e. The van der Waals surface area contributed by atoms with Crippen LogP contribution >= 0.6 is 0 Å². The highest BCUT2D eigenvalue weighted by Crippen LogP contribution is 2.18. The predicted octanol–water partition coefficient (Wildman–Crippen LogP) is 2.50. The molecular formula is C16H23N3O2. The Balaban J connectivity index is 1.84. The highest BCUT2D eigenvalue weighted by molar-refractivity contribution is 5.89. The molecule has 2 rings (SSSR count). The van der Waals surface area contributed by atoms with Crippen LogP contribution in [0.25, 0.3) is 0 Å². The molecule has 2 amide bonds. The second-order valence-electron chi connectivity index (χ2n) is 5.61. The maximum atomic E-state index is 12.1. The molecule has 1 aliphatic rings. The van der Waals surface area contributed by atoms with Crippen LogP contribution in [-0.4, -0.2) is 23.9 Å². The van der Waals surface area contributed by atoms with Gasteiger partial charge in [0.25, 0.3) is 0 Å². The van der Waals surface area contributed by atoms with E-state index in [1.165, 1.54) is 19.8 Å². The molecule has 114 valence electrons. The lowest BCUT2D eigenvalue weighted by atomic mass is 10.2. The molecular weight excluding hydrogens is 266 g/mol. The number of rotatable bonds is 5. The van der Waals surface area contributed by atoms with Crippen LogP contribution in [0.15, 0.2) is 24.3 Å². The van der Waals surface area contributed by atoms with E-state index in [-0.39, 0.29) is 17.9 Å². The van der Waals surface area contributed by atoms with Crippen molar-refractivity contribution in [1.82, 2.24) is 5.32 Å². The van der Waals surface area contributed by atoms with Crippen molar-refractivity contribution < 1.29 is 9.59 Å². The number of carbonyl (C=O) groups excluding carboxylic acids is 2. The van der Waals surface area contributed by atoms with E-state index in [1.807, 2.05) is 31.2 Å². The van der Waals surface area contributed by atoms with Gasteiger partial charge in [-0.15, -0.1) is 0 Å². The van der Waals surface area contributed by atoms with Crippen LogP contribution in [0.2, 0.25) is 0 Å². The van der Waals surface area contributed by atoms with E-state index in [2.05, 4.69) is 16.0 Å². The molecule has 21 heavy (non-hydrogen) atoms. The minimum Gasteiger partial charge on any atom is -0.374 e. The minimum absolute atomic E-state index is 0.0350. The minimum atomic E-state index is -0.280. The van der Waals surface area contributed by atoms with Crippen molar-refractivity contribution in [2.75, 3.05) is 10.6 Å². The quantitative estimate of drug-likeness (QED) is 0.780. The second-order valence-corrected chi connectivity index (χ2v) is 5.61. The number of nitrogens with one attached hydrogen (secondary N) is 3. The normalized spacial score (nSPS) is 16.3. The summed E-state index contributed by atoms with van der Waals surface area (Å²) in [5.74, 6) is -0.0622. The van der Waals surface area contributed by atoms with Crippen molar-refractivity contribution in [2.45, 2.75) is 51.6 Å². The van der Waals surface area contributed by atoms with Crippen LogP contribution in [0.5, 0.6) is 0 Å². The summed E-state index contributed by atoms with van der Waals surface area (Å²) in [6.45, 7) is 3.33. The van der Waals surface area contributed by atoms with E-state index in [0.717, 1.165) is 24.2 Å². The highest BCUT2D eigenvalue weighted by Gasteiger charge is 2.20. The van der Waals surface area contributed by atoms with Crippen LogP contribution in [0.4, 0.5) is 11.4 Å². The Morgan fingerprint density at radius 2 is 1.67 bits per heavy atom. The topological polar surface area (TPSA) is 70.2 Å². The first-order valence-corrected chi connectivity index (χ1v) is 7.49. The molecule has 0 bridgehead atoms. The average Bonchev–Trinajstić information content (AvgIpc) is 2.93. The molecule has 0 aliphatic heterocycles. The van der Waals surface area contributed by atoms with Gasteiger partial charge in [0.15, 0.2) is 0 Å². The van der Waals surface area contributed by atoms with Gasteiger partial charge in [-0.2, -0.15) is 0 Å². The lowest BCUT2D eigenvalue weighted by Gasteiger charge is -2.18. The van der Waals surface area contributed by atoms with E-state index in [0.29, 0.717) is 6.04 Å². The molecule has 1 saturated carbocycles. The third-order valence-electron chi connectivity index (χ3n) is 3.68. The van der Waals surface area contributed by atoms with Gasteiger partial charge in [-0.1, -0.05) is 12.8 Å². The zero-order valence-corrected chi connectivity index (χ0v) is 12.6. The molecule has 0 unspecified atom stereocenters. The molecule has 1 aliphatic carbocycles. The van der Waals surface area contributed by atoms with Crippen molar-refractivity contribution in [2.24, 2.45) is 0 Å². The van der Waals surface area contributed by atoms with Crippen molar-refractivity contribution in [1.29, 1.82) is 0 Å². The van der Waals surface area contributed by atoms with Crippen molar-refractivity contribution in [3.05, 3.63) is 24.3 Å². The van der Waals surface area contributed by atoms with Gasteiger partial charge in [0.05, 0.1) is 0 Å². The molecule has 5 nitrogen and oxygen atoms in total. The maximum absolute atomic E-state index is 12.1. The Bertz CT molecular complexity index is 493. The fraction of sp³-hybridized carbons (Fsp3) is 0.500. The summed E-state index contributed by atoms with van der Waals surface area (Å²) in [4.78, 5) is 23.0. The predicted molar refractivity (Wildman–Crippen MR) is 84.2 cm³/mol. The fourth-order valence-corrected chi connectivity index (χ4v) is 2.56.